The summed E-state index contributed by atoms with van der Waals surface area (Å²) in [6, 6.07) is 5.67. The molecule has 1 aliphatic heterocycles. The van der Waals surface area contributed by atoms with Gasteiger partial charge in [-0.15, -0.1) is 0 Å². The molecule has 0 aliphatic carbocycles. The number of benzene rings is 1. The zero-order valence-corrected chi connectivity index (χ0v) is 12.2. The van der Waals surface area contributed by atoms with Gasteiger partial charge in [0.1, 0.15) is 10.1 Å². The van der Waals surface area contributed by atoms with Crippen LogP contribution in [0.5, 0.6) is 0 Å². The normalized spacial score (nSPS) is 15.7. The van der Waals surface area contributed by atoms with Crippen molar-refractivity contribution in [2.75, 3.05) is 4.90 Å². The van der Waals surface area contributed by atoms with Crippen molar-refractivity contribution in [3.05, 3.63) is 39.4 Å². The number of nitrogens with zero attached hydrogens (tertiary/aromatic N) is 1. The molecule has 0 spiro atoms. The number of hydrogen-bond donors (Lipinski definition) is 0. The quantitative estimate of drug-likeness (QED) is 0.802. The Morgan fingerprint density at radius 1 is 1.00 bits per heavy atom. The standard InChI is InChI=1S/C14H13Cl2NO2/c1-3-8-5-6-10(9(4-2)7-8)17-13(18)11(15)12(16)14(17)19/h5-7H,3-4H2,1-2H3. The Morgan fingerprint density at radius 3 is 2.05 bits per heavy atom. The molecule has 19 heavy (non-hydrogen) atoms. The Bertz CT molecular complexity index is 569. The molecule has 0 saturated carbocycles. The number of aryl methyl sites for hydroxylation is 2. The number of carbonyl (C=O) groups is 2. The van der Waals surface area contributed by atoms with Crippen LogP contribution in [0.4, 0.5) is 5.69 Å². The van der Waals surface area contributed by atoms with Gasteiger partial charge in [-0.25, -0.2) is 4.90 Å². The first kappa shape index (κ1) is 14.1. The molecule has 5 heteroatoms. The summed E-state index contributed by atoms with van der Waals surface area (Å²) in [6.07, 6.45) is 1.62. The fraction of sp³-hybridized carbons (Fsp3) is 0.286. The average molecular weight is 298 g/mol. The summed E-state index contributed by atoms with van der Waals surface area (Å²) in [6.45, 7) is 4.02. The second-order valence-corrected chi connectivity index (χ2v) is 5.00. The fourth-order valence-corrected chi connectivity index (χ4v) is 2.39. The second-order valence-electron chi connectivity index (χ2n) is 4.24. The summed E-state index contributed by atoms with van der Waals surface area (Å²) in [4.78, 5) is 25.0. The number of hydrogen-bond acceptors (Lipinski definition) is 2. The van der Waals surface area contributed by atoms with Crippen LogP contribution in [0.2, 0.25) is 0 Å². The maximum Gasteiger partial charge on any atom is 0.278 e. The van der Waals surface area contributed by atoms with Gasteiger partial charge in [0, 0.05) is 0 Å². The predicted molar refractivity (Wildman–Crippen MR) is 76.4 cm³/mol. The number of carbonyl (C=O) groups excluding carboxylic acids is 2. The molecular weight excluding hydrogens is 285 g/mol. The number of amides is 2. The summed E-state index contributed by atoms with van der Waals surface area (Å²) >= 11 is 11.5. The summed E-state index contributed by atoms with van der Waals surface area (Å²) in [5.41, 5.74) is 2.64. The predicted octanol–water partition coefficient (Wildman–Crippen LogP) is 3.37. The van der Waals surface area contributed by atoms with Crippen LogP contribution in [0, 0.1) is 0 Å². The van der Waals surface area contributed by atoms with Gasteiger partial charge in [-0.05, 0) is 30.0 Å². The molecule has 2 amide bonds. The summed E-state index contributed by atoms with van der Waals surface area (Å²) in [5.74, 6) is -1.12. The third kappa shape index (κ3) is 2.28. The maximum absolute atomic E-state index is 12.0. The lowest BCUT2D eigenvalue weighted by atomic mass is 10.0. The first-order valence-corrected chi connectivity index (χ1v) is 6.82. The first-order valence-electron chi connectivity index (χ1n) is 6.07. The van der Waals surface area contributed by atoms with Gasteiger partial charge in [-0.3, -0.25) is 9.59 Å². The monoisotopic (exact) mass is 297 g/mol. The Kier molecular flexibility index (Phi) is 3.97. The average Bonchev–Trinajstić information content (AvgIpc) is 2.62. The second kappa shape index (κ2) is 5.35. The zero-order valence-electron chi connectivity index (χ0n) is 10.7. The van der Waals surface area contributed by atoms with Crippen molar-refractivity contribution >= 4 is 40.7 Å². The lowest BCUT2D eigenvalue weighted by Gasteiger charge is -2.18. The minimum Gasteiger partial charge on any atom is -0.267 e. The van der Waals surface area contributed by atoms with Crippen LogP contribution in [0.1, 0.15) is 25.0 Å². The number of halogens is 2. The molecule has 0 aromatic heterocycles. The van der Waals surface area contributed by atoms with Crippen LogP contribution in [-0.4, -0.2) is 11.8 Å². The molecule has 0 bridgehead atoms. The highest BCUT2D eigenvalue weighted by atomic mass is 35.5. The van der Waals surface area contributed by atoms with Crippen LogP contribution in [-0.2, 0) is 22.4 Å². The summed E-state index contributed by atoms with van der Waals surface area (Å²) < 4.78 is 0. The Labute approximate surface area is 121 Å². The maximum atomic E-state index is 12.0. The molecule has 0 fully saturated rings. The lowest BCUT2D eigenvalue weighted by Crippen LogP contribution is -2.31. The van der Waals surface area contributed by atoms with E-state index in [2.05, 4.69) is 6.92 Å². The molecule has 0 unspecified atom stereocenters. The van der Waals surface area contributed by atoms with Gasteiger partial charge in [0.2, 0.25) is 0 Å². The smallest absolute Gasteiger partial charge is 0.267 e. The van der Waals surface area contributed by atoms with Crippen molar-refractivity contribution in [1.82, 2.24) is 0 Å². The van der Waals surface area contributed by atoms with E-state index in [1.165, 1.54) is 0 Å². The van der Waals surface area contributed by atoms with E-state index in [0.29, 0.717) is 5.69 Å². The van der Waals surface area contributed by atoms with Crippen LogP contribution < -0.4 is 4.90 Å². The van der Waals surface area contributed by atoms with Gasteiger partial charge in [0.25, 0.3) is 11.8 Å². The number of rotatable bonds is 3. The highest BCUT2D eigenvalue weighted by molar-refractivity contribution is 6.62. The summed E-state index contributed by atoms with van der Waals surface area (Å²) in [5, 5.41) is -0.429. The van der Waals surface area contributed by atoms with Gasteiger partial charge >= 0.3 is 0 Å². The van der Waals surface area contributed by atoms with E-state index >= 15 is 0 Å². The minimum atomic E-state index is -0.560. The lowest BCUT2D eigenvalue weighted by molar-refractivity contribution is -0.120. The molecule has 2 rings (SSSR count). The van der Waals surface area contributed by atoms with E-state index in [1.807, 2.05) is 19.1 Å². The van der Waals surface area contributed by atoms with E-state index in [4.69, 9.17) is 23.2 Å². The van der Waals surface area contributed by atoms with Crippen LogP contribution in [0.25, 0.3) is 0 Å². The first-order chi connectivity index (χ1) is 9.01. The molecule has 0 radical (unpaired) electrons. The third-order valence-electron chi connectivity index (χ3n) is 3.15. The molecule has 0 N–H and O–H groups in total. The highest BCUT2D eigenvalue weighted by Gasteiger charge is 2.38. The van der Waals surface area contributed by atoms with Crippen molar-refractivity contribution in [3.63, 3.8) is 0 Å². The Morgan fingerprint density at radius 2 is 1.58 bits per heavy atom. The molecule has 0 atom stereocenters. The van der Waals surface area contributed by atoms with Crippen LogP contribution >= 0.6 is 23.2 Å². The van der Waals surface area contributed by atoms with Crippen LogP contribution in [0.3, 0.4) is 0 Å². The van der Waals surface area contributed by atoms with Crippen molar-refractivity contribution in [1.29, 1.82) is 0 Å². The van der Waals surface area contributed by atoms with Crippen molar-refractivity contribution in [3.8, 4) is 0 Å². The Balaban J connectivity index is 2.50. The minimum absolute atomic E-state index is 0.215. The highest BCUT2D eigenvalue weighted by Crippen LogP contribution is 2.33. The fourth-order valence-electron chi connectivity index (χ4n) is 2.06. The van der Waals surface area contributed by atoms with Gasteiger partial charge < -0.3 is 0 Å². The number of anilines is 1. The van der Waals surface area contributed by atoms with Crippen LogP contribution in [0.15, 0.2) is 28.3 Å². The largest absolute Gasteiger partial charge is 0.278 e. The molecule has 1 heterocycles. The van der Waals surface area contributed by atoms with Crippen molar-refractivity contribution < 1.29 is 9.59 Å². The third-order valence-corrected chi connectivity index (χ3v) is 3.95. The van der Waals surface area contributed by atoms with E-state index in [-0.39, 0.29) is 10.1 Å². The summed E-state index contributed by atoms with van der Waals surface area (Å²) in [7, 11) is 0. The van der Waals surface area contributed by atoms with E-state index < -0.39 is 11.8 Å². The number of imide groups is 1. The van der Waals surface area contributed by atoms with Gasteiger partial charge in [-0.2, -0.15) is 0 Å². The van der Waals surface area contributed by atoms with E-state index in [1.54, 1.807) is 6.07 Å². The van der Waals surface area contributed by atoms with E-state index in [0.717, 1.165) is 28.9 Å². The van der Waals surface area contributed by atoms with Gasteiger partial charge in [0.05, 0.1) is 5.69 Å². The van der Waals surface area contributed by atoms with Crippen molar-refractivity contribution in [2.24, 2.45) is 0 Å². The molecule has 1 aromatic carbocycles. The Hall–Kier alpha value is -1.32. The zero-order chi connectivity index (χ0) is 14.2. The SMILES string of the molecule is CCc1ccc(N2C(=O)C(Cl)=C(Cl)C2=O)c(CC)c1. The molecule has 1 aromatic rings. The van der Waals surface area contributed by atoms with Crippen molar-refractivity contribution in [2.45, 2.75) is 26.7 Å². The van der Waals surface area contributed by atoms with Gasteiger partial charge in [0.15, 0.2) is 0 Å². The molecular formula is C14H13Cl2NO2. The molecule has 0 saturated heterocycles. The topological polar surface area (TPSA) is 37.4 Å². The molecule has 3 nitrogen and oxygen atoms in total. The van der Waals surface area contributed by atoms with Gasteiger partial charge in [-0.1, -0.05) is 49.2 Å². The molecule has 1 aliphatic rings. The van der Waals surface area contributed by atoms with E-state index in [9.17, 15) is 9.59 Å². The molecule has 100 valence electrons.